The van der Waals surface area contributed by atoms with E-state index in [9.17, 15) is 0 Å². The molecule has 0 saturated carbocycles. The molecule has 4 nitrogen and oxygen atoms in total. The number of hydrogen-bond acceptors (Lipinski definition) is 4. The van der Waals surface area contributed by atoms with Gasteiger partial charge < -0.3 is 19.5 Å². The van der Waals surface area contributed by atoms with Gasteiger partial charge in [-0.05, 0) is 24.1 Å². The summed E-state index contributed by atoms with van der Waals surface area (Å²) in [5, 5.41) is 3.46. The summed E-state index contributed by atoms with van der Waals surface area (Å²) in [6.45, 7) is 5.46. The third-order valence-electron chi connectivity index (χ3n) is 3.81. The minimum atomic E-state index is 0.109. The van der Waals surface area contributed by atoms with Crippen molar-refractivity contribution in [1.29, 1.82) is 0 Å². The molecule has 2 atom stereocenters. The van der Waals surface area contributed by atoms with Gasteiger partial charge in [-0.25, -0.2) is 0 Å². The number of morpholine rings is 1. The highest BCUT2D eigenvalue weighted by Crippen LogP contribution is 2.34. The van der Waals surface area contributed by atoms with Crippen LogP contribution in [0.1, 0.15) is 37.9 Å². The number of rotatable bonds is 3. The molecular formula is C16H23NO3. The van der Waals surface area contributed by atoms with Crippen LogP contribution in [0.2, 0.25) is 0 Å². The van der Waals surface area contributed by atoms with E-state index in [0.29, 0.717) is 6.10 Å². The van der Waals surface area contributed by atoms with E-state index >= 15 is 0 Å². The molecule has 0 aliphatic carbocycles. The second-order valence-corrected chi connectivity index (χ2v) is 5.45. The van der Waals surface area contributed by atoms with Crippen molar-refractivity contribution in [2.24, 2.45) is 0 Å². The van der Waals surface area contributed by atoms with Crippen molar-refractivity contribution < 1.29 is 14.2 Å². The van der Waals surface area contributed by atoms with Crippen molar-refractivity contribution in [2.45, 2.75) is 38.4 Å². The summed E-state index contributed by atoms with van der Waals surface area (Å²) in [5.74, 6) is 1.70. The highest BCUT2D eigenvalue weighted by Gasteiger charge is 2.24. The molecule has 0 bridgehead atoms. The fourth-order valence-electron chi connectivity index (χ4n) is 2.77. The molecule has 2 aliphatic rings. The lowest BCUT2D eigenvalue weighted by atomic mass is 10.1. The van der Waals surface area contributed by atoms with Crippen molar-refractivity contribution in [3.63, 3.8) is 0 Å². The molecule has 110 valence electrons. The van der Waals surface area contributed by atoms with Gasteiger partial charge in [0.1, 0.15) is 0 Å². The average molecular weight is 277 g/mol. The Morgan fingerprint density at radius 3 is 2.85 bits per heavy atom. The molecule has 2 aliphatic heterocycles. The van der Waals surface area contributed by atoms with E-state index in [1.807, 2.05) is 6.07 Å². The Labute approximate surface area is 120 Å². The quantitative estimate of drug-likeness (QED) is 0.922. The van der Waals surface area contributed by atoms with Crippen LogP contribution in [-0.4, -0.2) is 32.4 Å². The van der Waals surface area contributed by atoms with Gasteiger partial charge in [0, 0.05) is 19.5 Å². The van der Waals surface area contributed by atoms with Crippen LogP contribution in [0.4, 0.5) is 0 Å². The van der Waals surface area contributed by atoms with Crippen LogP contribution in [0.3, 0.4) is 0 Å². The molecule has 1 aromatic carbocycles. The molecule has 20 heavy (non-hydrogen) atoms. The molecule has 0 aromatic heterocycles. The van der Waals surface area contributed by atoms with Crippen molar-refractivity contribution in [3.8, 4) is 11.5 Å². The standard InChI is InChI=1S/C16H23NO3/c1-2-4-13-10-17-11-16(20-13)12-5-6-14-15(9-12)19-8-3-7-18-14/h5-6,9,13,16-17H,2-4,7-8,10-11H2,1H3. The maximum Gasteiger partial charge on any atom is 0.161 e. The third-order valence-corrected chi connectivity index (χ3v) is 3.81. The zero-order valence-electron chi connectivity index (χ0n) is 12.1. The van der Waals surface area contributed by atoms with Gasteiger partial charge in [0.25, 0.3) is 0 Å². The molecular weight excluding hydrogens is 254 g/mol. The van der Waals surface area contributed by atoms with Crippen LogP contribution >= 0.6 is 0 Å². The van der Waals surface area contributed by atoms with E-state index in [4.69, 9.17) is 14.2 Å². The van der Waals surface area contributed by atoms with Gasteiger partial charge in [-0.1, -0.05) is 19.4 Å². The lowest BCUT2D eigenvalue weighted by Gasteiger charge is -2.31. The summed E-state index contributed by atoms with van der Waals surface area (Å²) >= 11 is 0. The number of fused-ring (bicyclic) bond motifs is 1. The Morgan fingerprint density at radius 1 is 1.15 bits per heavy atom. The maximum atomic E-state index is 6.18. The van der Waals surface area contributed by atoms with E-state index in [1.165, 1.54) is 5.56 Å². The van der Waals surface area contributed by atoms with E-state index < -0.39 is 0 Å². The van der Waals surface area contributed by atoms with Crippen molar-refractivity contribution in [1.82, 2.24) is 5.32 Å². The van der Waals surface area contributed by atoms with Gasteiger partial charge in [-0.15, -0.1) is 0 Å². The van der Waals surface area contributed by atoms with E-state index in [2.05, 4.69) is 24.4 Å². The highest BCUT2D eigenvalue weighted by atomic mass is 16.5. The average Bonchev–Trinajstić information content (AvgIpc) is 2.72. The molecule has 1 fully saturated rings. The number of ether oxygens (including phenoxy) is 3. The van der Waals surface area contributed by atoms with Crippen molar-refractivity contribution >= 4 is 0 Å². The second-order valence-electron chi connectivity index (χ2n) is 5.45. The first-order valence-corrected chi connectivity index (χ1v) is 7.62. The van der Waals surface area contributed by atoms with Gasteiger partial charge in [-0.3, -0.25) is 0 Å². The smallest absolute Gasteiger partial charge is 0.161 e. The predicted octanol–water partition coefficient (Wildman–Crippen LogP) is 2.68. The maximum absolute atomic E-state index is 6.18. The summed E-state index contributed by atoms with van der Waals surface area (Å²) in [6, 6.07) is 6.16. The lowest BCUT2D eigenvalue weighted by molar-refractivity contribution is -0.0425. The minimum absolute atomic E-state index is 0.109. The SMILES string of the molecule is CCCC1CNCC(c2ccc3c(c2)OCCCO3)O1. The molecule has 2 heterocycles. The fraction of sp³-hybridized carbons (Fsp3) is 0.625. The Morgan fingerprint density at radius 2 is 2.00 bits per heavy atom. The summed E-state index contributed by atoms with van der Waals surface area (Å²) in [5.41, 5.74) is 1.17. The van der Waals surface area contributed by atoms with Gasteiger partial charge in [-0.2, -0.15) is 0 Å². The van der Waals surface area contributed by atoms with Crippen LogP contribution < -0.4 is 14.8 Å². The van der Waals surface area contributed by atoms with Gasteiger partial charge in [0.15, 0.2) is 11.5 Å². The molecule has 0 spiro atoms. The normalized spacial score (nSPS) is 26.1. The summed E-state index contributed by atoms with van der Waals surface area (Å²) in [6.07, 6.45) is 3.62. The molecule has 1 aromatic rings. The molecule has 2 unspecified atom stereocenters. The lowest BCUT2D eigenvalue weighted by Crippen LogP contribution is -2.40. The molecule has 1 N–H and O–H groups in total. The Balaban J connectivity index is 1.74. The predicted molar refractivity (Wildman–Crippen MR) is 77.4 cm³/mol. The summed E-state index contributed by atoms with van der Waals surface area (Å²) in [4.78, 5) is 0. The largest absolute Gasteiger partial charge is 0.490 e. The molecule has 1 saturated heterocycles. The minimum Gasteiger partial charge on any atom is -0.490 e. The number of nitrogens with one attached hydrogen (secondary N) is 1. The molecule has 0 radical (unpaired) electrons. The zero-order chi connectivity index (χ0) is 13.8. The first-order valence-electron chi connectivity index (χ1n) is 7.62. The zero-order valence-corrected chi connectivity index (χ0v) is 12.1. The van der Waals surface area contributed by atoms with Gasteiger partial charge in [0.05, 0.1) is 25.4 Å². The number of hydrogen-bond donors (Lipinski definition) is 1. The Hall–Kier alpha value is -1.26. The van der Waals surface area contributed by atoms with E-state index in [-0.39, 0.29) is 6.10 Å². The van der Waals surface area contributed by atoms with Crippen LogP contribution in [0, 0.1) is 0 Å². The van der Waals surface area contributed by atoms with Gasteiger partial charge >= 0.3 is 0 Å². The Bertz CT molecular complexity index is 447. The first-order chi connectivity index (χ1) is 9.86. The molecule has 0 amide bonds. The fourth-order valence-corrected chi connectivity index (χ4v) is 2.77. The first kappa shape index (κ1) is 13.7. The van der Waals surface area contributed by atoms with Gasteiger partial charge in [0.2, 0.25) is 0 Å². The van der Waals surface area contributed by atoms with E-state index in [1.54, 1.807) is 0 Å². The summed E-state index contributed by atoms with van der Waals surface area (Å²) < 4.78 is 17.6. The van der Waals surface area contributed by atoms with E-state index in [0.717, 1.165) is 57.1 Å². The highest BCUT2D eigenvalue weighted by molar-refractivity contribution is 5.44. The Kier molecular flexibility index (Phi) is 4.43. The topological polar surface area (TPSA) is 39.7 Å². The van der Waals surface area contributed by atoms with Crippen LogP contribution in [0.15, 0.2) is 18.2 Å². The van der Waals surface area contributed by atoms with Crippen molar-refractivity contribution in [3.05, 3.63) is 23.8 Å². The summed E-state index contributed by atoms with van der Waals surface area (Å²) in [7, 11) is 0. The van der Waals surface area contributed by atoms with Crippen LogP contribution in [0.5, 0.6) is 11.5 Å². The number of benzene rings is 1. The molecule has 3 rings (SSSR count). The third kappa shape index (κ3) is 3.07. The molecule has 4 heteroatoms. The second kappa shape index (κ2) is 6.46. The van der Waals surface area contributed by atoms with Crippen molar-refractivity contribution in [2.75, 3.05) is 26.3 Å². The van der Waals surface area contributed by atoms with Crippen LogP contribution in [-0.2, 0) is 4.74 Å². The monoisotopic (exact) mass is 277 g/mol. The van der Waals surface area contributed by atoms with Crippen LogP contribution in [0.25, 0.3) is 0 Å².